The van der Waals surface area contributed by atoms with Gasteiger partial charge in [0.05, 0.1) is 12.2 Å². The predicted molar refractivity (Wildman–Crippen MR) is 102 cm³/mol. The van der Waals surface area contributed by atoms with Crippen molar-refractivity contribution in [3.63, 3.8) is 0 Å². The number of aryl methyl sites for hydroxylation is 1. The summed E-state index contributed by atoms with van der Waals surface area (Å²) in [5.74, 6) is -1.69. The van der Waals surface area contributed by atoms with E-state index in [1.807, 2.05) is 0 Å². The van der Waals surface area contributed by atoms with Gasteiger partial charge in [0.25, 0.3) is 11.5 Å². The predicted octanol–water partition coefficient (Wildman–Crippen LogP) is 2.80. The lowest BCUT2D eigenvalue weighted by molar-refractivity contribution is 0.0958. The molecule has 0 saturated carbocycles. The van der Waals surface area contributed by atoms with Crippen molar-refractivity contribution in [1.29, 1.82) is 0 Å². The highest BCUT2D eigenvalue weighted by molar-refractivity contribution is 6.31. The highest BCUT2D eigenvalue weighted by atomic mass is 35.5. The monoisotopic (exact) mass is 422 g/mol. The van der Waals surface area contributed by atoms with Gasteiger partial charge in [0, 0.05) is 30.4 Å². The zero-order valence-electron chi connectivity index (χ0n) is 15.6. The molecule has 0 spiro atoms. The van der Waals surface area contributed by atoms with Gasteiger partial charge in [0.15, 0.2) is 0 Å². The summed E-state index contributed by atoms with van der Waals surface area (Å²) in [6.07, 6.45) is 0. The number of benzene rings is 1. The van der Waals surface area contributed by atoms with E-state index in [1.54, 1.807) is 6.92 Å². The van der Waals surface area contributed by atoms with E-state index >= 15 is 0 Å². The van der Waals surface area contributed by atoms with Crippen molar-refractivity contribution in [3.05, 3.63) is 80.0 Å². The van der Waals surface area contributed by atoms with Crippen molar-refractivity contribution in [2.75, 3.05) is 7.05 Å². The first-order chi connectivity index (χ1) is 13.8. The number of pyridine rings is 1. The molecule has 0 aliphatic carbocycles. The zero-order chi connectivity index (χ0) is 21.1. The number of nitrogens with zero attached hydrogens (tertiary/aromatic N) is 2. The normalized spacial score (nSPS) is 10.8. The Kier molecular flexibility index (Phi) is 5.97. The average Bonchev–Trinajstić information content (AvgIpc) is 3.16. The number of carbonyl (C=O) groups excluding carboxylic acids is 1. The van der Waals surface area contributed by atoms with Crippen molar-refractivity contribution in [1.82, 2.24) is 20.1 Å². The third-order valence-corrected chi connectivity index (χ3v) is 4.58. The van der Waals surface area contributed by atoms with E-state index in [0.717, 1.165) is 12.1 Å². The number of hydrogen-bond donors (Lipinski definition) is 2. The van der Waals surface area contributed by atoms with Crippen LogP contribution < -0.4 is 15.6 Å². The van der Waals surface area contributed by atoms with Crippen LogP contribution in [0.15, 0.2) is 35.1 Å². The van der Waals surface area contributed by atoms with Gasteiger partial charge in [-0.05, 0) is 25.1 Å². The average molecular weight is 423 g/mol. The van der Waals surface area contributed by atoms with Crippen molar-refractivity contribution >= 4 is 17.5 Å². The van der Waals surface area contributed by atoms with Crippen LogP contribution in [0.5, 0.6) is 5.75 Å². The highest BCUT2D eigenvalue weighted by Gasteiger charge is 2.16. The molecule has 0 atom stereocenters. The minimum Gasteiger partial charge on any atom is -0.487 e. The van der Waals surface area contributed by atoms with Crippen molar-refractivity contribution in [2.24, 2.45) is 0 Å². The van der Waals surface area contributed by atoms with E-state index in [4.69, 9.17) is 16.3 Å². The van der Waals surface area contributed by atoms with E-state index in [2.05, 4.69) is 15.5 Å². The minimum absolute atomic E-state index is 0.0854. The molecule has 0 fully saturated rings. The molecule has 7 nitrogen and oxygen atoms in total. The van der Waals surface area contributed by atoms with Crippen LogP contribution in [-0.4, -0.2) is 27.7 Å². The van der Waals surface area contributed by atoms with Crippen LogP contribution in [0.1, 0.15) is 27.4 Å². The first-order valence-corrected chi connectivity index (χ1v) is 8.91. The van der Waals surface area contributed by atoms with Gasteiger partial charge in [-0.1, -0.05) is 11.6 Å². The maximum atomic E-state index is 13.7. The van der Waals surface area contributed by atoms with Gasteiger partial charge in [0.2, 0.25) is 0 Å². The van der Waals surface area contributed by atoms with E-state index < -0.39 is 17.2 Å². The number of ether oxygens (including phenoxy) is 1. The topological polar surface area (TPSA) is 89.0 Å². The molecule has 0 bridgehead atoms. The Balaban J connectivity index is 1.81. The molecule has 2 heterocycles. The maximum Gasteiger partial charge on any atom is 0.273 e. The summed E-state index contributed by atoms with van der Waals surface area (Å²) < 4.78 is 33.6. The fourth-order valence-corrected chi connectivity index (χ4v) is 2.88. The van der Waals surface area contributed by atoms with Crippen LogP contribution in [0.2, 0.25) is 5.02 Å². The van der Waals surface area contributed by atoms with Crippen molar-refractivity contribution in [2.45, 2.75) is 20.1 Å². The molecule has 2 aromatic heterocycles. The lowest BCUT2D eigenvalue weighted by atomic mass is 10.2. The van der Waals surface area contributed by atoms with Crippen LogP contribution >= 0.6 is 11.6 Å². The van der Waals surface area contributed by atoms with Crippen molar-refractivity contribution < 1.29 is 18.3 Å². The first kappa shape index (κ1) is 20.5. The number of carbonyl (C=O) groups is 1. The second kappa shape index (κ2) is 8.44. The van der Waals surface area contributed by atoms with Gasteiger partial charge >= 0.3 is 0 Å². The molecule has 1 amide bonds. The summed E-state index contributed by atoms with van der Waals surface area (Å²) >= 11 is 6.14. The fourth-order valence-electron chi connectivity index (χ4n) is 2.67. The van der Waals surface area contributed by atoms with Crippen molar-refractivity contribution in [3.8, 4) is 5.75 Å². The third-order valence-electron chi connectivity index (χ3n) is 4.24. The summed E-state index contributed by atoms with van der Waals surface area (Å²) in [5.41, 5.74) is 0.860. The van der Waals surface area contributed by atoms with Gasteiger partial charge in [-0.15, -0.1) is 0 Å². The lowest BCUT2D eigenvalue weighted by Gasteiger charge is -2.14. The molecule has 0 saturated heterocycles. The van der Waals surface area contributed by atoms with Crippen LogP contribution in [0, 0.1) is 18.6 Å². The summed E-state index contributed by atoms with van der Waals surface area (Å²) in [7, 11) is 1.49. The Morgan fingerprint density at radius 3 is 2.76 bits per heavy atom. The largest absolute Gasteiger partial charge is 0.487 e. The van der Waals surface area contributed by atoms with E-state index in [9.17, 15) is 18.4 Å². The molecule has 0 unspecified atom stereocenters. The SMILES string of the molecule is CNC(=O)c1cc(Cn2c(C)cc(OCc3ccc(F)cc3F)c(Cl)c2=O)n[nH]1. The molecular formula is C19H17ClF2N4O3. The van der Waals surface area contributed by atoms with E-state index in [0.29, 0.717) is 11.4 Å². The number of H-pyrrole nitrogens is 1. The standard InChI is InChI=1S/C19H17ClF2N4O3/c1-10-5-16(29-9-11-3-4-12(21)6-14(11)22)17(20)19(28)26(10)8-13-7-15(25-24-13)18(27)23-2/h3-7H,8-9H2,1-2H3,(H,23,27)(H,24,25). The van der Waals surface area contributed by atoms with Gasteiger partial charge in [0.1, 0.15) is 34.7 Å². The molecule has 2 N–H and O–H groups in total. The van der Waals surface area contributed by atoms with Crippen LogP contribution in [0.25, 0.3) is 0 Å². The second-order valence-electron chi connectivity index (χ2n) is 6.23. The van der Waals surface area contributed by atoms with Crippen LogP contribution in [0.3, 0.4) is 0 Å². The Hall–Kier alpha value is -3.20. The quantitative estimate of drug-likeness (QED) is 0.639. The molecule has 1 aromatic carbocycles. The summed E-state index contributed by atoms with van der Waals surface area (Å²) in [4.78, 5) is 24.3. The van der Waals surface area contributed by atoms with Gasteiger partial charge in [-0.2, -0.15) is 5.10 Å². The molecule has 3 aromatic rings. The number of aromatic amines is 1. The molecule has 0 aliphatic rings. The molecule has 0 aliphatic heterocycles. The summed E-state index contributed by atoms with van der Waals surface area (Å²) in [5, 5.41) is 8.90. The molecule has 10 heteroatoms. The number of aromatic nitrogens is 3. The van der Waals surface area contributed by atoms with Crippen LogP contribution in [-0.2, 0) is 13.2 Å². The summed E-state index contributed by atoms with van der Waals surface area (Å²) in [6.45, 7) is 1.55. The molecule has 0 radical (unpaired) electrons. The Labute approximate surface area is 169 Å². The maximum absolute atomic E-state index is 13.7. The Bertz CT molecular complexity index is 1130. The number of nitrogens with one attached hydrogen (secondary N) is 2. The Morgan fingerprint density at radius 1 is 1.31 bits per heavy atom. The molecular weight excluding hydrogens is 406 g/mol. The number of hydrogen-bond acceptors (Lipinski definition) is 4. The lowest BCUT2D eigenvalue weighted by Crippen LogP contribution is -2.24. The molecule has 152 valence electrons. The number of amides is 1. The van der Waals surface area contributed by atoms with E-state index in [1.165, 1.54) is 29.8 Å². The van der Waals surface area contributed by atoms with Crippen LogP contribution in [0.4, 0.5) is 8.78 Å². The van der Waals surface area contributed by atoms with Gasteiger partial charge in [-0.3, -0.25) is 14.7 Å². The molecule has 3 rings (SSSR count). The van der Waals surface area contributed by atoms with E-state index in [-0.39, 0.29) is 41.1 Å². The smallest absolute Gasteiger partial charge is 0.273 e. The zero-order valence-corrected chi connectivity index (χ0v) is 16.3. The highest BCUT2D eigenvalue weighted by Crippen LogP contribution is 2.24. The Morgan fingerprint density at radius 2 is 2.07 bits per heavy atom. The van der Waals surface area contributed by atoms with Gasteiger partial charge in [-0.25, -0.2) is 8.78 Å². The van der Waals surface area contributed by atoms with Gasteiger partial charge < -0.3 is 14.6 Å². The summed E-state index contributed by atoms with van der Waals surface area (Å²) in [6, 6.07) is 6.19. The third kappa shape index (κ3) is 4.45. The molecule has 29 heavy (non-hydrogen) atoms. The number of rotatable bonds is 6. The fraction of sp³-hybridized carbons (Fsp3) is 0.211. The number of halogens is 3. The minimum atomic E-state index is -0.753. The second-order valence-corrected chi connectivity index (χ2v) is 6.61. The first-order valence-electron chi connectivity index (χ1n) is 8.53.